The summed E-state index contributed by atoms with van der Waals surface area (Å²) in [5.74, 6) is 1.20. The molecule has 0 aliphatic heterocycles. The van der Waals surface area contributed by atoms with E-state index in [4.69, 9.17) is 5.73 Å². The predicted molar refractivity (Wildman–Crippen MR) is 85.5 cm³/mol. The minimum absolute atomic E-state index is 0.0714. The molecular formula is C16H25N3OS. The van der Waals surface area contributed by atoms with Gasteiger partial charge in [0.15, 0.2) is 0 Å². The number of amides is 1. The summed E-state index contributed by atoms with van der Waals surface area (Å²) in [5, 5.41) is 4.36. The fraction of sp³-hybridized carbons (Fsp3) is 0.750. The molecule has 0 aromatic carbocycles. The molecule has 3 N–H and O–H groups in total. The van der Waals surface area contributed by atoms with Crippen molar-refractivity contribution in [2.75, 3.05) is 0 Å². The Morgan fingerprint density at radius 2 is 2.05 bits per heavy atom. The number of aromatic nitrogens is 1. The third-order valence-electron chi connectivity index (χ3n) is 5.02. The third-order valence-corrected chi connectivity index (χ3v) is 6.32. The molecular weight excluding hydrogens is 282 g/mol. The number of hydrogen-bond donors (Lipinski definition) is 2. The molecule has 5 heteroatoms. The first kappa shape index (κ1) is 15.0. The molecule has 4 nitrogen and oxygen atoms in total. The number of thiazole rings is 1. The van der Waals surface area contributed by atoms with Crippen molar-refractivity contribution in [3.05, 3.63) is 15.6 Å². The maximum Gasteiger partial charge on any atom is 0.263 e. The van der Waals surface area contributed by atoms with Crippen LogP contribution in [0.15, 0.2) is 0 Å². The van der Waals surface area contributed by atoms with Gasteiger partial charge in [0.2, 0.25) is 0 Å². The van der Waals surface area contributed by atoms with Gasteiger partial charge in [0.05, 0.1) is 10.7 Å². The summed E-state index contributed by atoms with van der Waals surface area (Å²) in [4.78, 5) is 17.9. The van der Waals surface area contributed by atoms with Gasteiger partial charge in [-0.3, -0.25) is 4.79 Å². The van der Waals surface area contributed by atoms with Crippen LogP contribution in [0.3, 0.4) is 0 Å². The minimum atomic E-state index is 0.0714. The lowest BCUT2D eigenvalue weighted by Crippen LogP contribution is -2.53. The van der Waals surface area contributed by atoms with E-state index < -0.39 is 0 Å². The van der Waals surface area contributed by atoms with Gasteiger partial charge in [-0.25, -0.2) is 4.98 Å². The van der Waals surface area contributed by atoms with E-state index in [-0.39, 0.29) is 5.91 Å². The summed E-state index contributed by atoms with van der Waals surface area (Å²) in [6.07, 6.45) is 6.71. The lowest BCUT2D eigenvalue weighted by Gasteiger charge is -2.45. The van der Waals surface area contributed by atoms with Gasteiger partial charge in [-0.1, -0.05) is 13.3 Å². The van der Waals surface area contributed by atoms with E-state index >= 15 is 0 Å². The number of nitrogens with zero attached hydrogens (tertiary/aromatic N) is 1. The average molecular weight is 307 g/mol. The first-order chi connectivity index (χ1) is 10.1. The fourth-order valence-corrected chi connectivity index (χ4v) is 4.96. The zero-order valence-electron chi connectivity index (χ0n) is 12.9. The van der Waals surface area contributed by atoms with Gasteiger partial charge in [0.25, 0.3) is 5.91 Å². The molecule has 2 aliphatic carbocycles. The van der Waals surface area contributed by atoms with Crippen molar-refractivity contribution in [2.24, 2.45) is 17.6 Å². The van der Waals surface area contributed by atoms with Crippen LogP contribution in [0.2, 0.25) is 0 Å². The second-order valence-electron chi connectivity index (χ2n) is 6.56. The smallest absolute Gasteiger partial charge is 0.263 e. The number of carbonyl (C=O) groups excluding carboxylic acids is 1. The van der Waals surface area contributed by atoms with E-state index in [2.05, 4.69) is 17.2 Å². The summed E-state index contributed by atoms with van der Waals surface area (Å²) in [6, 6.07) is 0.642. The number of nitrogens with one attached hydrogen (secondary N) is 1. The van der Waals surface area contributed by atoms with Crippen molar-refractivity contribution < 1.29 is 4.79 Å². The summed E-state index contributed by atoms with van der Waals surface area (Å²) >= 11 is 1.54. The normalized spacial score (nSPS) is 32.0. The maximum absolute atomic E-state index is 12.6. The first-order valence-corrected chi connectivity index (χ1v) is 8.92. The highest BCUT2D eigenvalue weighted by Gasteiger charge is 2.40. The number of fused-ring (bicyclic) bond motifs is 2. The van der Waals surface area contributed by atoms with Gasteiger partial charge in [0.1, 0.15) is 4.88 Å². The molecule has 21 heavy (non-hydrogen) atoms. The molecule has 1 aromatic rings. The molecule has 0 saturated heterocycles. The van der Waals surface area contributed by atoms with E-state index in [1.807, 2.05) is 6.92 Å². The highest BCUT2D eigenvalue weighted by Crippen LogP contribution is 2.39. The second-order valence-corrected chi connectivity index (χ2v) is 7.64. The van der Waals surface area contributed by atoms with Crippen LogP contribution in [0.1, 0.15) is 59.4 Å². The lowest BCUT2D eigenvalue weighted by atomic mass is 9.67. The van der Waals surface area contributed by atoms with Gasteiger partial charge in [0, 0.05) is 12.1 Å². The van der Waals surface area contributed by atoms with Gasteiger partial charge >= 0.3 is 0 Å². The zero-order valence-corrected chi connectivity index (χ0v) is 13.7. The van der Waals surface area contributed by atoms with Crippen molar-refractivity contribution in [2.45, 2.75) is 64.5 Å². The molecule has 1 amide bonds. The summed E-state index contributed by atoms with van der Waals surface area (Å²) in [7, 11) is 0. The molecule has 2 atom stereocenters. The highest BCUT2D eigenvalue weighted by molar-refractivity contribution is 7.13. The van der Waals surface area contributed by atoms with E-state index in [1.54, 1.807) is 0 Å². The van der Waals surface area contributed by atoms with Crippen LogP contribution < -0.4 is 11.1 Å². The molecule has 2 fully saturated rings. The molecule has 3 rings (SSSR count). The van der Waals surface area contributed by atoms with Crippen molar-refractivity contribution >= 4 is 17.2 Å². The molecule has 1 aromatic heterocycles. The Hall–Kier alpha value is -0.940. The topological polar surface area (TPSA) is 68.0 Å². The molecule has 0 spiro atoms. The molecule has 1 heterocycles. The van der Waals surface area contributed by atoms with Crippen LogP contribution in [-0.4, -0.2) is 23.0 Å². The number of nitrogens with two attached hydrogens (primary N) is 1. The SMILES string of the molecule is CCc1nc(C)c(C(=O)NC2C3CCCC2CC(N)C3)s1. The molecule has 2 unspecified atom stereocenters. The quantitative estimate of drug-likeness (QED) is 0.902. The van der Waals surface area contributed by atoms with Crippen molar-refractivity contribution in [1.82, 2.24) is 10.3 Å². The number of rotatable bonds is 3. The van der Waals surface area contributed by atoms with Crippen molar-refractivity contribution in [3.63, 3.8) is 0 Å². The summed E-state index contributed by atoms with van der Waals surface area (Å²) in [6.45, 7) is 4.01. The second kappa shape index (κ2) is 6.05. The van der Waals surface area contributed by atoms with Gasteiger partial charge < -0.3 is 11.1 Å². The van der Waals surface area contributed by atoms with Crippen LogP contribution in [0.25, 0.3) is 0 Å². The van der Waals surface area contributed by atoms with Crippen LogP contribution in [-0.2, 0) is 6.42 Å². The monoisotopic (exact) mass is 307 g/mol. The standard InChI is InChI=1S/C16H25N3OS/c1-3-13-18-9(2)15(21-13)16(20)19-14-10-5-4-6-11(14)8-12(17)7-10/h10-12,14H,3-8,17H2,1-2H3,(H,19,20). The maximum atomic E-state index is 12.6. The van der Waals surface area contributed by atoms with E-state index in [0.29, 0.717) is 23.9 Å². The number of aryl methyl sites for hydroxylation is 2. The Morgan fingerprint density at radius 1 is 1.38 bits per heavy atom. The van der Waals surface area contributed by atoms with Gasteiger partial charge in [-0.2, -0.15) is 0 Å². The largest absolute Gasteiger partial charge is 0.348 e. The van der Waals surface area contributed by atoms with Gasteiger partial charge in [-0.05, 0) is 50.9 Å². The Balaban J connectivity index is 1.73. The number of carbonyl (C=O) groups is 1. The van der Waals surface area contributed by atoms with Crippen LogP contribution in [0.4, 0.5) is 0 Å². The average Bonchev–Trinajstić information content (AvgIpc) is 2.81. The van der Waals surface area contributed by atoms with Crippen LogP contribution in [0.5, 0.6) is 0 Å². The third kappa shape index (κ3) is 2.99. The van der Waals surface area contributed by atoms with Crippen LogP contribution in [0, 0.1) is 18.8 Å². The summed E-state index contributed by atoms with van der Waals surface area (Å²) < 4.78 is 0. The van der Waals surface area contributed by atoms with E-state index in [9.17, 15) is 4.79 Å². The van der Waals surface area contributed by atoms with E-state index in [1.165, 1.54) is 30.6 Å². The first-order valence-electron chi connectivity index (χ1n) is 8.11. The Kier molecular flexibility index (Phi) is 4.31. The van der Waals surface area contributed by atoms with E-state index in [0.717, 1.165) is 34.8 Å². The van der Waals surface area contributed by atoms with Crippen molar-refractivity contribution in [1.29, 1.82) is 0 Å². The van der Waals surface area contributed by atoms with Crippen molar-refractivity contribution in [3.8, 4) is 0 Å². The molecule has 2 bridgehead atoms. The zero-order chi connectivity index (χ0) is 15.0. The van der Waals surface area contributed by atoms with Gasteiger partial charge in [-0.15, -0.1) is 11.3 Å². The number of hydrogen-bond acceptors (Lipinski definition) is 4. The highest BCUT2D eigenvalue weighted by atomic mass is 32.1. The minimum Gasteiger partial charge on any atom is -0.348 e. The molecule has 2 aliphatic rings. The fourth-order valence-electron chi connectivity index (χ4n) is 4.06. The summed E-state index contributed by atoms with van der Waals surface area (Å²) in [5.41, 5.74) is 7.02. The molecule has 2 saturated carbocycles. The van der Waals surface area contributed by atoms with Crippen LogP contribution >= 0.6 is 11.3 Å². The molecule has 0 radical (unpaired) electrons. The molecule has 116 valence electrons. The lowest BCUT2D eigenvalue weighted by molar-refractivity contribution is 0.0759. The Bertz CT molecular complexity index is 514. The Morgan fingerprint density at radius 3 is 2.62 bits per heavy atom. The predicted octanol–water partition coefficient (Wildman–Crippen LogP) is 2.65. The Labute approximate surface area is 130 Å².